The largest absolute Gasteiger partial charge is 0.494 e. The summed E-state index contributed by atoms with van der Waals surface area (Å²) in [6.07, 6.45) is 7.16. The maximum absolute atomic E-state index is 11.4. The predicted molar refractivity (Wildman–Crippen MR) is 126 cm³/mol. The highest BCUT2D eigenvalue weighted by molar-refractivity contribution is 7.80. The van der Waals surface area contributed by atoms with Gasteiger partial charge in [-0.15, -0.1) is 0 Å². The molecule has 0 radical (unpaired) electrons. The molecule has 1 unspecified atom stereocenters. The second-order valence-corrected chi connectivity index (χ2v) is 8.96. The van der Waals surface area contributed by atoms with Crippen LogP contribution in [0.4, 0.5) is 11.4 Å². The third-order valence-electron chi connectivity index (χ3n) is 6.78. The number of hydrogen-bond donors (Lipinski definition) is 2. The molecule has 1 aliphatic carbocycles. The average molecular weight is 467 g/mol. The highest BCUT2D eigenvalue weighted by Crippen LogP contribution is 2.50. The monoisotopic (exact) mass is 466 g/mol. The first-order valence-corrected chi connectivity index (χ1v) is 11.6. The maximum Gasteiger partial charge on any atom is 0.213 e. The zero-order valence-corrected chi connectivity index (χ0v) is 19.2. The molecule has 0 amide bonds. The number of anilines is 2. The lowest BCUT2D eigenvalue weighted by molar-refractivity contribution is 0.0596. The van der Waals surface area contributed by atoms with Gasteiger partial charge in [-0.05, 0) is 63.5 Å². The minimum absolute atomic E-state index is 0.173. The molecule has 3 fully saturated rings. The third-order valence-corrected chi connectivity index (χ3v) is 7.16. The van der Waals surface area contributed by atoms with Gasteiger partial charge in [-0.2, -0.15) is 5.26 Å². The van der Waals surface area contributed by atoms with Gasteiger partial charge in [0.05, 0.1) is 36.4 Å². The van der Waals surface area contributed by atoms with Crippen molar-refractivity contribution in [2.75, 3.05) is 30.0 Å². The SMILES string of the molecule is COc1cc(N2C(=S)N(c3ccc(OC4CCNCC4)nc3)C3(CCC3)C2O)cnc1C#N. The Bertz CT molecular complexity index is 1080. The second kappa shape index (κ2) is 8.74. The van der Waals surface area contributed by atoms with E-state index in [-0.39, 0.29) is 11.8 Å². The third kappa shape index (κ3) is 3.66. The van der Waals surface area contributed by atoms with Crippen molar-refractivity contribution in [3.05, 3.63) is 36.3 Å². The van der Waals surface area contributed by atoms with E-state index in [2.05, 4.69) is 15.3 Å². The number of nitrogens with one attached hydrogen (secondary N) is 1. The van der Waals surface area contributed by atoms with Crippen LogP contribution in [0.3, 0.4) is 0 Å². The predicted octanol–water partition coefficient (Wildman–Crippen LogP) is 2.34. The molecule has 2 N–H and O–H groups in total. The Morgan fingerprint density at radius 1 is 1.21 bits per heavy atom. The number of ether oxygens (including phenoxy) is 2. The lowest BCUT2D eigenvalue weighted by atomic mass is 9.74. The Morgan fingerprint density at radius 3 is 2.58 bits per heavy atom. The molecule has 5 rings (SSSR count). The number of aromatic nitrogens is 2. The van der Waals surface area contributed by atoms with Gasteiger partial charge in [0.15, 0.2) is 22.8 Å². The van der Waals surface area contributed by atoms with Crippen LogP contribution in [0.2, 0.25) is 0 Å². The van der Waals surface area contributed by atoms with Gasteiger partial charge < -0.3 is 24.8 Å². The van der Waals surface area contributed by atoms with E-state index in [0.717, 1.165) is 50.9 Å². The minimum Gasteiger partial charge on any atom is -0.494 e. The van der Waals surface area contributed by atoms with E-state index >= 15 is 0 Å². The van der Waals surface area contributed by atoms with Crippen LogP contribution in [0.1, 0.15) is 37.8 Å². The summed E-state index contributed by atoms with van der Waals surface area (Å²) < 4.78 is 11.3. The standard InChI is InChI=1S/C23H26N6O3S/c1-31-19-11-16(14-26-18(19)12-24)28-21(30)23(7-2-8-23)29(22(28)33)15-3-4-20(27-13-15)32-17-5-9-25-10-6-17/h3-4,11,13-14,17,21,25,30H,2,5-10H2,1H3. The van der Waals surface area contributed by atoms with Crippen molar-refractivity contribution < 1.29 is 14.6 Å². The molecule has 4 heterocycles. The van der Waals surface area contributed by atoms with Crippen molar-refractivity contribution in [3.8, 4) is 17.7 Å². The van der Waals surface area contributed by atoms with Gasteiger partial charge in [-0.3, -0.25) is 4.90 Å². The number of nitriles is 1. The Balaban J connectivity index is 1.43. The first kappa shape index (κ1) is 21.8. The molecule has 2 aliphatic heterocycles. The molecule has 1 atom stereocenters. The zero-order valence-electron chi connectivity index (χ0n) is 18.4. The summed E-state index contributed by atoms with van der Waals surface area (Å²) in [5, 5.41) is 24.4. The summed E-state index contributed by atoms with van der Waals surface area (Å²) in [7, 11) is 1.49. The second-order valence-electron chi connectivity index (χ2n) is 8.60. The van der Waals surface area contributed by atoms with Crippen LogP contribution < -0.4 is 24.6 Å². The molecule has 0 bridgehead atoms. The molecule has 2 aromatic heterocycles. The van der Waals surface area contributed by atoms with E-state index in [0.29, 0.717) is 22.4 Å². The van der Waals surface area contributed by atoms with Gasteiger partial charge in [-0.1, -0.05) is 0 Å². The molecule has 9 nitrogen and oxygen atoms in total. The molecule has 33 heavy (non-hydrogen) atoms. The Hall–Kier alpha value is -3.00. The molecule has 2 saturated heterocycles. The summed E-state index contributed by atoms with van der Waals surface area (Å²) in [6.45, 7) is 1.91. The fourth-order valence-corrected chi connectivity index (χ4v) is 5.36. The lowest BCUT2D eigenvalue weighted by Gasteiger charge is -2.46. The number of hydrogen-bond acceptors (Lipinski definition) is 8. The van der Waals surface area contributed by atoms with Gasteiger partial charge in [-0.25, -0.2) is 9.97 Å². The summed E-state index contributed by atoms with van der Waals surface area (Å²) in [5.74, 6) is 0.934. The molecule has 172 valence electrons. The van der Waals surface area contributed by atoms with Gasteiger partial charge >= 0.3 is 0 Å². The highest BCUT2D eigenvalue weighted by Gasteiger charge is 2.59. The Labute approximate surface area is 197 Å². The van der Waals surface area contributed by atoms with Crippen LogP contribution in [0.5, 0.6) is 11.6 Å². The number of aliphatic hydroxyl groups excluding tert-OH is 1. The van der Waals surface area contributed by atoms with Crippen molar-refractivity contribution in [2.24, 2.45) is 0 Å². The molecule has 1 saturated carbocycles. The zero-order chi connectivity index (χ0) is 23.0. The van der Waals surface area contributed by atoms with E-state index in [1.165, 1.54) is 7.11 Å². The summed E-state index contributed by atoms with van der Waals surface area (Å²) in [6, 6.07) is 7.51. The van der Waals surface area contributed by atoms with Crippen LogP contribution >= 0.6 is 12.2 Å². The minimum atomic E-state index is -0.858. The van der Waals surface area contributed by atoms with E-state index in [1.807, 2.05) is 23.1 Å². The van der Waals surface area contributed by atoms with Gasteiger partial charge in [0.25, 0.3) is 0 Å². The molecule has 1 spiro atoms. The Kier molecular flexibility index (Phi) is 5.78. The number of piperidine rings is 1. The van der Waals surface area contributed by atoms with Crippen molar-refractivity contribution in [2.45, 2.75) is 50.0 Å². The highest BCUT2D eigenvalue weighted by atomic mass is 32.1. The lowest BCUT2D eigenvalue weighted by Crippen LogP contribution is -2.57. The molecule has 0 aromatic carbocycles. The first-order valence-electron chi connectivity index (χ1n) is 11.2. The smallest absolute Gasteiger partial charge is 0.213 e. The summed E-state index contributed by atoms with van der Waals surface area (Å²) >= 11 is 5.85. The Morgan fingerprint density at radius 2 is 1.97 bits per heavy atom. The first-order chi connectivity index (χ1) is 16.1. The van der Waals surface area contributed by atoms with Gasteiger partial charge in [0, 0.05) is 12.1 Å². The average Bonchev–Trinajstić information content (AvgIpc) is 3.06. The fraction of sp³-hybridized carbons (Fsp3) is 0.478. The van der Waals surface area contributed by atoms with E-state index in [1.54, 1.807) is 23.4 Å². The van der Waals surface area contributed by atoms with E-state index < -0.39 is 11.8 Å². The van der Waals surface area contributed by atoms with Crippen LogP contribution in [0.15, 0.2) is 30.6 Å². The quantitative estimate of drug-likeness (QED) is 0.638. The molecule has 10 heteroatoms. The van der Waals surface area contributed by atoms with Crippen LogP contribution in [-0.4, -0.2) is 58.3 Å². The summed E-state index contributed by atoms with van der Waals surface area (Å²) in [4.78, 5) is 12.4. The molecule has 2 aromatic rings. The maximum atomic E-state index is 11.4. The van der Waals surface area contributed by atoms with Crippen molar-refractivity contribution >= 4 is 28.7 Å². The van der Waals surface area contributed by atoms with E-state index in [9.17, 15) is 10.4 Å². The van der Waals surface area contributed by atoms with Gasteiger partial charge in [0.2, 0.25) is 5.88 Å². The van der Waals surface area contributed by atoms with Crippen molar-refractivity contribution in [3.63, 3.8) is 0 Å². The molecular weight excluding hydrogens is 440 g/mol. The van der Waals surface area contributed by atoms with Crippen molar-refractivity contribution in [1.29, 1.82) is 5.26 Å². The number of nitrogens with zero attached hydrogens (tertiary/aromatic N) is 5. The van der Waals surface area contributed by atoms with Crippen LogP contribution in [0, 0.1) is 11.3 Å². The van der Waals surface area contributed by atoms with Crippen LogP contribution in [-0.2, 0) is 0 Å². The summed E-state index contributed by atoms with van der Waals surface area (Å²) in [5.41, 5.74) is 1.05. The normalized spacial score (nSPS) is 22.2. The molecular formula is C23H26N6O3S. The van der Waals surface area contributed by atoms with E-state index in [4.69, 9.17) is 21.7 Å². The number of pyridine rings is 2. The van der Waals surface area contributed by atoms with Crippen LogP contribution in [0.25, 0.3) is 0 Å². The fourth-order valence-electron chi connectivity index (χ4n) is 4.86. The van der Waals surface area contributed by atoms with Gasteiger partial charge in [0.1, 0.15) is 12.2 Å². The number of thiocarbonyl (C=S) groups is 1. The molecule has 3 aliphatic rings. The number of methoxy groups -OCH3 is 1. The topological polar surface area (TPSA) is 107 Å². The number of rotatable bonds is 5. The number of aliphatic hydroxyl groups is 1. The van der Waals surface area contributed by atoms with Crippen molar-refractivity contribution in [1.82, 2.24) is 15.3 Å².